The van der Waals surface area contributed by atoms with Crippen LogP contribution in [-0.2, 0) is 9.53 Å². The first-order valence-electron chi connectivity index (χ1n) is 6.47. The average molecular weight is 274 g/mol. The van der Waals surface area contributed by atoms with Gasteiger partial charge in [-0.05, 0) is 6.42 Å². The maximum absolute atomic E-state index is 11.1. The molecular weight excluding hydrogens is 254 g/mol. The van der Waals surface area contributed by atoms with Crippen molar-refractivity contribution in [2.75, 3.05) is 26.3 Å². The Kier molecular flexibility index (Phi) is 4.86. The van der Waals surface area contributed by atoms with E-state index in [1.54, 1.807) is 0 Å². The highest BCUT2D eigenvalue weighted by Gasteiger charge is 2.36. The number of nitrogens with one attached hydrogen (secondary N) is 2. The third-order valence-electron chi connectivity index (χ3n) is 3.34. The number of nitrogens with zero attached hydrogens (tertiary/aromatic N) is 1. The number of carbonyl (C=O) groups is 1. The maximum atomic E-state index is 11.1. The van der Waals surface area contributed by atoms with Crippen molar-refractivity contribution >= 4 is 17.9 Å². The third-order valence-corrected chi connectivity index (χ3v) is 3.64. The topological polar surface area (TPSA) is 53.6 Å². The Bertz CT molecular complexity index is 329. The minimum Gasteiger partial charge on any atom is -0.378 e. The number of ether oxygens (including phenoxy) is 1. The molecule has 18 heavy (non-hydrogen) atoms. The van der Waals surface area contributed by atoms with Gasteiger partial charge in [0.05, 0.1) is 19.3 Å². The van der Waals surface area contributed by atoms with E-state index in [4.69, 9.17) is 16.3 Å². The van der Waals surface area contributed by atoms with Gasteiger partial charge in [-0.2, -0.15) is 0 Å². The summed E-state index contributed by atoms with van der Waals surface area (Å²) in [6, 6.07) is 0.154. The quantitative estimate of drug-likeness (QED) is 0.568. The Morgan fingerprint density at radius 3 is 3.06 bits per heavy atom. The molecular formula is C12H20ClN3O2. The minimum atomic E-state index is 0.00421. The number of unbranched alkanes of at least 4 members (excludes halogenated alkanes) is 1. The van der Waals surface area contributed by atoms with Gasteiger partial charge in [0.15, 0.2) is 6.29 Å². The maximum Gasteiger partial charge on any atom is 0.169 e. The first-order chi connectivity index (χ1) is 8.77. The zero-order chi connectivity index (χ0) is 13.0. The summed E-state index contributed by atoms with van der Waals surface area (Å²) in [4.78, 5) is 13.2. The van der Waals surface area contributed by atoms with Crippen LogP contribution in [0.25, 0.3) is 0 Å². The molecule has 1 fully saturated rings. The van der Waals surface area contributed by atoms with Crippen molar-refractivity contribution in [2.45, 2.75) is 32.0 Å². The molecule has 0 aromatic carbocycles. The Morgan fingerprint density at radius 2 is 2.44 bits per heavy atom. The van der Waals surface area contributed by atoms with Crippen LogP contribution in [0, 0.1) is 0 Å². The van der Waals surface area contributed by atoms with Crippen LogP contribution < -0.4 is 10.6 Å². The molecule has 0 aromatic rings. The Morgan fingerprint density at radius 1 is 1.61 bits per heavy atom. The van der Waals surface area contributed by atoms with Crippen LogP contribution in [-0.4, -0.2) is 49.7 Å². The van der Waals surface area contributed by atoms with Crippen LogP contribution in [0.5, 0.6) is 0 Å². The molecule has 2 atom stereocenters. The number of rotatable bonds is 5. The minimum absolute atomic E-state index is 0.00421. The smallest absolute Gasteiger partial charge is 0.169 e. The van der Waals surface area contributed by atoms with E-state index in [9.17, 15) is 4.79 Å². The zero-order valence-electron chi connectivity index (χ0n) is 10.6. The lowest BCUT2D eigenvalue weighted by atomic mass is 10.2. The van der Waals surface area contributed by atoms with Crippen LogP contribution >= 0.6 is 11.6 Å². The SMILES string of the molecule is CCCCN1C(C=O)=C(Cl)NC1C1COCCN1. The van der Waals surface area contributed by atoms with Gasteiger partial charge < -0.3 is 20.3 Å². The third kappa shape index (κ3) is 2.79. The summed E-state index contributed by atoms with van der Waals surface area (Å²) >= 11 is 6.09. The fourth-order valence-corrected chi connectivity index (χ4v) is 2.64. The molecule has 0 amide bonds. The van der Waals surface area contributed by atoms with Crippen molar-refractivity contribution in [2.24, 2.45) is 0 Å². The summed E-state index contributed by atoms with van der Waals surface area (Å²) in [5, 5.41) is 7.03. The highest BCUT2D eigenvalue weighted by molar-refractivity contribution is 6.31. The van der Waals surface area contributed by atoms with Crippen molar-refractivity contribution in [1.82, 2.24) is 15.5 Å². The van der Waals surface area contributed by atoms with Gasteiger partial charge >= 0.3 is 0 Å². The summed E-state index contributed by atoms with van der Waals surface area (Å²) in [6.07, 6.45) is 2.95. The predicted molar refractivity (Wildman–Crippen MR) is 70.1 cm³/mol. The summed E-state index contributed by atoms with van der Waals surface area (Å²) < 4.78 is 5.47. The molecule has 102 valence electrons. The normalized spacial score (nSPS) is 28.4. The second-order valence-corrected chi connectivity index (χ2v) is 4.97. The van der Waals surface area contributed by atoms with E-state index < -0.39 is 0 Å². The molecule has 2 aliphatic rings. The average Bonchev–Trinajstić information content (AvgIpc) is 2.73. The van der Waals surface area contributed by atoms with Crippen LogP contribution in [0.3, 0.4) is 0 Å². The fraction of sp³-hybridized carbons (Fsp3) is 0.750. The highest BCUT2D eigenvalue weighted by atomic mass is 35.5. The number of halogens is 1. The molecule has 0 aromatic heterocycles. The van der Waals surface area contributed by atoms with Crippen LogP contribution in [0.4, 0.5) is 0 Å². The van der Waals surface area contributed by atoms with Crippen LogP contribution in [0.1, 0.15) is 19.8 Å². The molecule has 2 N–H and O–H groups in total. The van der Waals surface area contributed by atoms with Gasteiger partial charge in [0.2, 0.25) is 0 Å². The second kappa shape index (κ2) is 6.41. The van der Waals surface area contributed by atoms with Gasteiger partial charge in [-0.3, -0.25) is 4.79 Å². The van der Waals surface area contributed by atoms with Crippen molar-refractivity contribution in [1.29, 1.82) is 0 Å². The summed E-state index contributed by atoms with van der Waals surface area (Å²) in [5.41, 5.74) is 0.558. The summed E-state index contributed by atoms with van der Waals surface area (Å²) in [5.74, 6) is 0. The summed E-state index contributed by atoms with van der Waals surface area (Å²) in [6.45, 7) is 5.16. The van der Waals surface area contributed by atoms with Gasteiger partial charge in [0.1, 0.15) is 17.0 Å². The van der Waals surface area contributed by atoms with Crippen molar-refractivity contribution in [3.63, 3.8) is 0 Å². The van der Waals surface area contributed by atoms with Gasteiger partial charge in [0, 0.05) is 13.1 Å². The number of hydrogen-bond acceptors (Lipinski definition) is 5. The van der Waals surface area contributed by atoms with Crippen molar-refractivity contribution in [3.05, 3.63) is 10.9 Å². The highest BCUT2D eigenvalue weighted by Crippen LogP contribution is 2.24. The lowest BCUT2D eigenvalue weighted by Gasteiger charge is -2.36. The van der Waals surface area contributed by atoms with E-state index in [2.05, 4.69) is 17.6 Å². The molecule has 2 heterocycles. The van der Waals surface area contributed by atoms with Crippen LogP contribution in [0.2, 0.25) is 0 Å². The lowest BCUT2D eigenvalue weighted by Crippen LogP contribution is -2.57. The molecule has 0 spiro atoms. The van der Waals surface area contributed by atoms with Crippen molar-refractivity contribution < 1.29 is 9.53 Å². The molecule has 2 unspecified atom stereocenters. The molecule has 6 heteroatoms. The van der Waals surface area contributed by atoms with Crippen molar-refractivity contribution in [3.8, 4) is 0 Å². The van der Waals surface area contributed by atoms with E-state index in [0.29, 0.717) is 17.5 Å². The fourth-order valence-electron chi connectivity index (χ4n) is 2.37. The molecule has 0 radical (unpaired) electrons. The molecule has 1 saturated heterocycles. The summed E-state index contributed by atoms with van der Waals surface area (Å²) in [7, 11) is 0. The zero-order valence-corrected chi connectivity index (χ0v) is 11.4. The molecule has 0 bridgehead atoms. The lowest BCUT2D eigenvalue weighted by molar-refractivity contribution is -0.106. The molecule has 0 aliphatic carbocycles. The van der Waals surface area contributed by atoms with Crippen LogP contribution in [0.15, 0.2) is 10.9 Å². The number of hydrogen-bond donors (Lipinski definition) is 2. The molecule has 0 saturated carbocycles. The Hall–Kier alpha value is -0.780. The van der Waals surface area contributed by atoms with E-state index in [0.717, 1.165) is 38.8 Å². The standard InChI is InChI=1S/C12H20ClN3O2/c1-2-3-5-16-10(7-17)11(13)15-12(16)9-8-18-6-4-14-9/h7,9,12,14-15H,2-6,8H2,1H3. The van der Waals surface area contributed by atoms with Gasteiger partial charge in [-0.1, -0.05) is 24.9 Å². The first kappa shape index (κ1) is 13.6. The second-order valence-electron chi connectivity index (χ2n) is 4.59. The molecule has 2 rings (SSSR count). The number of allylic oxidation sites excluding steroid dienone is 1. The van der Waals surface area contributed by atoms with E-state index in [1.165, 1.54) is 0 Å². The Labute approximate surface area is 112 Å². The Balaban J connectivity index is 2.07. The monoisotopic (exact) mass is 273 g/mol. The van der Waals surface area contributed by atoms with Gasteiger partial charge in [0.25, 0.3) is 0 Å². The first-order valence-corrected chi connectivity index (χ1v) is 6.85. The van der Waals surface area contributed by atoms with E-state index in [1.807, 2.05) is 4.90 Å². The van der Waals surface area contributed by atoms with Gasteiger partial charge in [-0.15, -0.1) is 0 Å². The van der Waals surface area contributed by atoms with E-state index >= 15 is 0 Å². The van der Waals surface area contributed by atoms with E-state index in [-0.39, 0.29) is 12.2 Å². The number of morpholine rings is 1. The number of carbonyl (C=O) groups excluding carboxylic acids is 1. The predicted octanol–water partition coefficient (Wildman–Crippen LogP) is 0.613. The number of aldehydes is 1. The largest absolute Gasteiger partial charge is 0.378 e. The van der Waals surface area contributed by atoms with Gasteiger partial charge in [-0.25, -0.2) is 0 Å². The molecule has 5 nitrogen and oxygen atoms in total. The molecule has 2 aliphatic heterocycles.